The lowest BCUT2D eigenvalue weighted by Crippen LogP contribution is -2.36. The highest BCUT2D eigenvalue weighted by Crippen LogP contribution is 2.24. The molecule has 2 N–H and O–H groups in total. The number of hydrogen-bond acceptors (Lipinski definition) is 4. The summed E-state index contributed by atoms with van der Waals surface area (Å²) < 4.78 is 13.2. The molecule has 0 bridgehead atoms. The fourth-order valence-electron chi connectivity index (χ4n) is 2.59. The number of hydrogen-bond donors (Lipinski definition) is 2. The molecule has 1 amide bonds. The van der Waals surface area contributed by atoms with Crippen molar-refractivity contribution >= 4 is 11.6 Å². The van der Waals surface area contributed by atoms with Gasteiger partial charge in [0.15, 0.2) is 0 Å². The molecule has 2 unspecified atom stereocenters. The average Bonchev–Trinajstić information content (AvgIpc) is 2.45. The van der Waals surface area contributed by atoms with Crippen LogP contribution in [0.4, 0.5) is 10.1 Å². The van der Waals surface area contributed by atoms with Gasteiger partial charge in [0.2, 0.25) is 0 Å². The number of nitro groups is 1. The first-order valence-corrected chi connectivity index (χ1v) is 6.89. The van der Waals surface area contributed by atoms with E-state index in [4.69, 9.17) is 0 Å². The Bertz CT molecular complexity index is 550. The van der Waals surface area contributed by atoms with E-state index < -0.39 is 28.4 Å². The summed E-state index contributed by atoms with van der Waals surface area (Å²) in [5, 5.41) is 23.2. The number of aliphatic hydroxyl groups is 1. The van der Waals surface area contributed by atoms with Crippen LogP contribution in [0.25, 0.3) is 0 Å². The Morgan fingerprint density at radius 3 is 2.81 bits per heavy atom. The highest BCUT2D eigenvalue weighted by atomic mass is 19.1. The van der Waals surface area contributed by atoms with Crippen molar-refractivity contribution < 1.29 is 19.2 Å². The zero-order valence-electron chi connectivity index (χ0n) is 11.4. The van der Waals surface area contributed by atoms with Gasteiger partial charge in [0, 0.05) is 18.5 Å². The number of amides is 1. The first-order valence-electron chi connectivity index (χ1n) is 6.89. The molecule has 0 spiro atoms. The third-order valence-electron chi connectivity index (χ3n) is 3.79. The number of carbonyl (C=O) groups is 1. The van der Waals surface area contributed by atoms with Gasteiger partial charge in [-0.05, 0) is 25.0 Å². The summed E-state index contributed by atoms with van der Waals surface area (Å²) in [6, 6.07) is 2.77. The zero-order chi connectivity index (χ0) is 15.4. The largest absolute Gasteiger partial charge is 0.393 e. The highest BCUT2D eigenvalue weighted by Gasteiger charge is 2.25. The number of aliphatic hydroxyl groups excluding tert-OH is 1. The summed E-state index contributed by atoms with van der Waals surface area (Å²) in [6.45, 7) is 0.230. The lowest BCUT2D eigenvalue weighted by atomic mass is 9.86. The second-order valence-electron chi connectivity index (χ2n) is 5.24. The smallest absolute Gasteiger partial charge is 0.282 e. The van der Waals surface area contributed by atoms with Crippen LogP contribution in [0.3, 0.4) is 0 Å². The Kier molecular flexibility index (Phi) is 4.85. The van der Waals surface area contributed by atoms with Crippen LogP contribution in [0.1, 0.15) is 36.0 Å². The van der Waals surface area contributed by atoms with E-state index in [1.165, 1.54) is 0 Å². The van der Waals surface area contributed by atoms with Crippen molar-refractivity contribution in [1.82, 2.24) is 5.32 Å². The second kappa shape index (κ2) is 6.62. The lowest BCUT2D eigenvalue weighted by Gasteiger charge is -2.27. The summed E-state index contributed by atoms with van der Waals surface area (Å²) in [5.74, 6) is -1.46. The van der Waals surface area contributed by atoms with Crippen molar-refractivity contribution in [3.8, 4) is 0 Å². The van der Waals surface area contributed by atoms with Gasteiger partial charge >= 0.3 is 0 Å². The molecule has 0 saturated heterocycles. The molecular formula is C14H17FN2O4. The molecule has 0 aliphatic heterocycles. The van der Waals surface area contributed by atoms with E-state index in [1.54, 1.807) is 0 Å². The molecule has 1 aromatic rings. The number of benzene rings is 1. The van der Waals surface area contributed by atoms with Crippen LogP contribution in [-0.2, 0) is 0 Å². The molecule has 1 aliphatic rings. The van der Waals surface area contributed by atoms with E-state index in [0.29, 0.717) is 6.42 Å². The van der Waals surface area contributed by atoms with Gasteiger partial charge in [-0.25, -0.2) is 4.39 Å². The zero-order valence-corrected chi connectivity index (χ0v) is 11.4. The van der Waals surface area contributed by atoms with Gasteiger partial charge in [-0.1, -0.05) is 12.8 Å². The minimum atomic E-state index is -0.718. The van der Waals surface area contributed by atoms with Crippen LogP contribution in [-0.4, -0.2) is 28.6 Å². The molecule has 0 radical (unpaired) electrons. The Morgan fingerprint density at radius 2 is 2.14 bits per heavy atom. The van der Waals surface area contributed by atoms with Crippen LogP contribution in [0, 0.1) is 21.8 Å². The predicted octanol–water partition coefficient (Wildman–Crippen LogP) is 2.01. The van der Waals surface area contributed by atoms with Crippen molar-refractivity contribution in [3.05, 3.63) is 39.7 Å². The molecule has 1 saturated carbocycles. The fraction of sp³-hybridized carbons (Fsp3) is 0.500. The number of carbonyl (C=O) groups excluding carboxylic acids is 1. The first kappa shape index (κ1) is 15.4. The number of nitro benzene ring substituents is 1. The Labute approximate surface area is 121 Å². The monoisotopic (exact) mass is 296 g/mol. The molecule has 2 rings (SSSR count). The van der Waals surface area contributed by atoms with Crippen LogP contribution in [0.2, 0.25) is 0 Å². The quantitative estimate of drug-likeness (QED) is 0.656. The van der Waals surface area contributed by atoms with Crippen LogP contribution in [0.15, 0.2) is 18.2 Å². The van der Waals surface area contributed by atoms with Crippen LogP contribution in [0.5, 0.6) is 0 Å². The Balaban J connectivity index is 2.06. The lowest BCUT2D eigenvalue weighted by molar-refractivity contribution is -0.385. The summed E-state index contributed by atoms with van der Waals surface area (Å²) in [4.78, 5) is 22.1. The molecule has 0 aromatic heterocycles. The number of nitrogens with zero attached hydrogens (tertiary/aromatic N) is 1. The molecule has 2 atom stereocenters. The topological polar surface area (TPSA) is 92.5 Å². The van der Waals surface area contributed by atoms with Crippen molar-refractivity contribution in [2.75, 3.05) is 6.54 Å². The van der Waals surface area contributed by atoms with Crippen molar-refractivity contribution in [1.29, 1.82) is 0 Å². The molecule has 6 nitrogen and oxygen atoms in total. The molecule has 0 heterocycles. The van der Waals surface area contributed by atoms with E-state index in [1.807, 2.05) is 0 Å². The molecule has 21 heavy (non-hydrogen) atoms. The minimum Gasteiger partial charge on any atom is -0.393 e. The van der Waals surface area contributed by atoms with Gasteiger partial charge in [-0.2, -0.15) is 0 Å². The van der Waals surface area contributed by atoms with Crippen LogP contribution >= 0.6 is 0 Å². The predicted molar refractivity (Wildman–Crippen MR) is 73.4 cm³/mol. The van der Waals surface area contributed by atoms with Crippen molar-refractivity contribution in [3.63, 3.8) is 0 Å². The Hall–Kier alpha value is -2.02. The average molecular weight is 296 g/mol. The van der Waals surface area contributed by atoms with Crippen molar-refractivity contribution in [2.45, 2.75) is 31.8 Å². The normalized spacial score (nSPS) is 21.8. The molecule has 1 aromatic carbocycles. The molecule has 1 fully saturated rings. The maximum absolute atomic E-state index is 13.2. The van der Waals surface area contributed by atoms with Gasteiger partial charge < -0.3 is 10.4 Å². The maximum atomic E-state index is 13.2. The van der Waals surface area contributed by atoms with Gasteiger partial charge in [-0.15, -0.1) is 0 Å². The van der Waals surface area contributed by atoms with E-state index in [9.17, 15) is 24.4 Å². The number of rotatable bonds is 4. The third kappa shape index (κ3) is 3.75. The van der Waals surface area contributed by atoms with Gasteiger partial charge in [0.1, 0.15) is 11.4 Å². The minimum absolute atomic E-state index is 0.0599. The van der Waals surface area contributed by atoms with Gasteiger partial charge in [0.05, 0.1) is 11.0 Å². The summed E-state index contributed by atoms with van der Waals surface area (Å²) in [5.41, 5.74) is -0.733. The Morgan fingerprint density at radius 1 is 1.43 bits per heavy atom. The van der Waals surface area contributed by atoms with E-state index in [2.05, 4.69) is 5.32 Å². The van der Waals surface area contributed by atoms with E-state index in [0.717, 1.165) is 37.5 Å². The number of nitrogens with one attached hydrogen (secondary N) is 1. The third-order valence-corrected chi connectivity index (χ3v) is 3.79. The summed E-state index contributed by atoms with van der Waals surface area (Å²) >= 11 is 0. The molecule has 114 valence electrons. The molecular weight excluding hydrogens is 279 g/mol. The first-order chi connectivity index (χ1) is 9.99. The molecule has 7 heteroatoms. The van der Waals surface area contributed by atoms with Gasteiger partial charge in [0.25, 0.3) is 11.6 Å². The summed E-state index contributed by atoms with van der Waals surface area (Å²) in [7, 11) is 0. The van der Waals surface area contributed by atoms with E-state index >= 15 is 0 Å². The fourth-order valence-corrected chi connectivity index (χ4v) is 2.59. The van der Waals surface area contributed by atoms with Gasteiger partial charge in [-0.3, -0.25) is 14.9 Å². The van der Waals surface area contributed by atoms with E-state index in [-0.39, 0.29) is 18.0 Å². The summed E-state index contributed by atoms with van der Waals surface area (Å²) in [6.07, 6.45) is 2.97. The molecule has 1 aliphatic carbocycles. The highest BCUT2D eigenvalue weighted by molar-refractivity contribution is 5.98. The maximum Gasteiger partial charge on any atom is 0.282 e. The number of halogens is 1. The SMILES string of the molecule is O=C(NCC1CCCCC1O)c1cc(F)ccc1[N+](=O)[O-]. The second-order valence-corrected chi connectivity index (χ2v) is 5.24. The standard InChI is InChI=1S/C14H17FN2O4/c15-10-5-6-12(17(20)21)11(7-10)14(19)16-8-9-3-1-2-4-13(9)18/h5-7,9,13,18H,1-4,8H2,(H,16,19). The van der Waals surface area contributed by atoms with Crippen LogP contribution < -0.4 is 5.32 Å². The van der Waals surface area contributed by atoms with Crippen molar-refractivity contribution in [2.24, 2.45) is 5.92 Å².